The molecule has 2 aromatic rings. The minimum Gasteiger partial charge on any atom is -0.337 e. The molecule has 0 atom stereocenters. The van der Waals surface area contributed by atoms with Crippen molar-refractivity contribution in [3.05, 3.63) is 22.2 Å². The van der Waals surface area contributed by atoms with Gasteiger partial charge in [-0.15, -0.1) is 0 Å². The van der Waals surface area contributed by atoms with Crippen molar-refractivity contribution in [1.82, 2.24) is 10.1 Å². The highest BCUT2D eigenvalue weighted by Gasteiger charge is 2.27. The van der Waals surface area contributed by atoms with Crippen molar-refractivity contribution in [3.8, 4) is 0 Å². The molecule has 0 unspecified atom stereocenters. The van der Waals surface area contributed by atoms with Gasteiger partial charge in [0.05, 0.1) is 0 Å². The van der Waals surface area contributed by atoms with Gasteiger partial charge in [0.25, 0.3) is 22.4 Å². The molecule has 0 aliphatic carbocycles. The van der Waals surface area contributed by atoms with Crippen LogP contribution in [0, 0.1) is 0 Å². The fourth-order valence-corrected chi connectivity index (χ4v) is 3.76. The predicted octanol–water partition coefficient (Wildman–Crippen LogP) is 3.17. The van der Waals surface area contributed by atoms with Crippen molar-refractivity contribution in [2.75, 3.05) is 4.72 Å². The maximum atomic E-state index is 12.8. The van der Waals surface area contributed by atoms with Gasteiger partial charge in [-0.25, -0.2) is 21.9 Å². The van der Waals surface area contributed by atoms with Crippen LogP contribution >= 0.6 is 11.3 Å². The third-order valence-corrected chi connectivity index (χ3v) is 4.77. The number of rotatable bonds is 4. The Morgan fingerprint density at radius 3 is 2.52 bits per heavy atom. The number of nitrogens with one attached hydrogen (secondary N) is 1. The molecule has 21 heavy (non-hydrogen) atoms. The van der Waals surface area contributed by atoms with Crippen molar-refractivity contribution in [1.29, 1.82) is 0 Å². The normalized spacial score (nSPS) is 12.9. The summed E-state index contributed by atoms with van der Waals surface area (Å²) in [5, 5.41) is 5.72. The molecule has 0 spiro atoms. The maximum Gasteiger partial charge on any atom is 0.277 e. The van der Waals surface area contributed by atoms with Gasteiger partial charge in [-0.05, 0) is 5.16 Å². The minimum atomic E-state index is -4.18. The lowest BCUT2D eigenvalue weighted by Gasteiger charge is -2.10. The highest BCUT2D eigenvalue weighted by molar-refractivity contribution is 7.92. The zero-order valence-electron chi connectivity index (χ0n) is 11.4. The number of alkyl halides is 2. The van der Waals surface area contributed by atoms with E-state index in [1.165, 1.54) is 0 Å². The number of hydrogen-bond acceptors (Lipinski definition) is 6. The molecule has 0 aliphatic heterocycles. The Hall–Kier alpha value is -1.55. The molecule has 0 radical (unpaired) electrons. The zero-order chi connectivity index (χ0) is 15.8. The molecule has 0 saturated heterocycles. The average Bonchev–Trinajstić information content (AvgIpc) is 2.93. The first-order valence-corrected chi connectivity index (χ1v) is 8.25. The summed E-state index contributed by atoms with van der Waals surface area (Å²) < 4.78 is 56.7. The van der Waals surface area contributed by atoms with Gasteiger partial charge in [-0.2, -0.15) is 16.3 Å². The summed E-state index contributed by atoms with van der Waals surface area (Å²) in [5.74, 6) is -0.0501. The number of halogens is 2. The van der Waals surface area contributed by atoms with E-state index >= 15 is 0 Å². The number of thiophene rings is 1. The predicted molar refractivity (Wildman–Crippen MR) is 73.1 cm³/mol. The van der Waals surface area contributed by atoms with Crippen LogP contribution in [0.2, 0.25) is 0 Å². The number of aromatic nitrogens is 2. The summed E-state index contributed by atoms with van der Waals surface area (Å²) in [6.45, 7) is 5.44. The average molecular weight is 337 g/mol. The van der Waals surface area contributed by atoms with Crippen LogP contribution in [0.15, 0.2) is 20.2 Å². The van der Waals surface area contributed by atoms with E-state index in [9.17, 15) is 17.2 Å². The van der Waals surface area contributed by atoms with Gasteiger partial charge in [0.1, 0.15) is 4.90 Å². The lowest BCUT2D eigenvalue weighted by molar-refractivity contribution is 0.148. The smallest absolute Gasteiger partial charge is 0.277 e. The fourth-order valence-electron chi connectivity index (χ4n) is 1.42. The topological polar surface area (TPSA) is 85.1 Å². The summed E-state index contributed by atoms with van der Waals surface area (Å²) in [4.78, 5) is 3.42. The van der Waals surface area contributed by atoms with Crippen molar-refractivity contribution >= 4 is 27.3 Å². The lowest BCUT2D eigenvalue weighted by Crippen LogP contribution is -2.16. The Morgan fingerprint density at radius 1 is 1.33 bits per heavy atom. The van der Waals surface area contributed by atoms with E-state index in [4.69, 9.17) is 4.52 Å². The van der Waals surface area contributed by atoms with Crippen LogP contribution in [0.25, 0.3) is 0 Å². The largest absolute Gasteiger partial charge is 0.337 e. The van der Waals surface area contributed by atoms with Gasteiger partial charge < -0.3 is 4.52 Å². The molecule has 0 aliphatic rings. The van der Waals surface area contributed by atoms with Crippen LogP contribution in [-0.2, 0) is 15.4 Å². The highest BCUT2D eigenvalue weighted by Crippen LogP contribution is 2.31. The van der Waals surface area contributed by atoms with Crippen molar-refractivity contribution in [3.63, 3.8) is 0 Å². The van der Waals surface area contributed by atoms with Gasteiger partial charge in [-0.3, -0.25) is 0 Å². The second-order valence-corrected chi connectivity index (χ2v) is 7.67. The van der Waals surface area contributed by atoms with Crippen molar-refractivity contribution < 1.29 is 21.7 Å². The molecule has 0 amide bonds. The van der Waals surface area contributed by atoms with E-state index in [1.807, 2.05) is 25.5 Å². The Bertz CT molecular complexity index is 732. The Morgan fingerprint density at radius 2 is 2.00 bits per heavy atom. The van der Waals surface area contributed by atoms with E-state index in [0.29, 0.717) is 0 Å². The minimum absolute atomic E-state index is 0.236. The molecule has 2 rings (SSSR count). The highest BCUT2D eigenvalue weighted by atomic mass is 32.2. The van der Waals surface area contributed by atoms with Gasteiger partial charge in [0.15, 0.2) is 0 Å². The first-order chi connectivity index (χ1) is 9.61. The van der Waals surface area contributed by atoms with Crippen LogP contribution in [0.4, 0.5) is 14.7 Å². The van der Waals surface area contributed by atoms with Crippen LogP contribution in [-0.4, -0.2) is 18.6 Å². The van der Waals surface area contributed by atoms with E-state index in [0.717, 1.165) is 22.1 Å². The van der Waals surface area contributed by atoms with E-state index < -0.39 is 32.3 Å². The van der Waals surface area contributed by atoms with Crippen LogP contribution in [0.5, 0.6) is 0 Å². The molecule has 1 N–H and O–H groups in total. The first kappa shape index (κ1) is 15.8. The van der Waals surface area contributed by atoms with Crippen LogP contribution < -0.4 is 4.72 Å². The molecule has 0 saturated carbocycles. The Kier molecular flexibility index (Phi) is 4.02. The maximum absolute atomic E-state index is 12.8. The van der Waals surface area contributed by atoms with Gasteiger partial charge in [-0.1, -0.05) is 20.8 Å². The van der Waals surface area contributed by atoms with E-state index in [1.54, 1.807) is 0 Å². The van der Waals surface area contributed by atoms with Gasteiger partial charge in [0, 0.05) is 21.7 Å². The SMILES string of the molecule is CC(C)(C)c1nc(NS(=O)(=O)c2cscc2C(F)F)no1. The van der Waals surface area contributed by atoms with E-state index in [2.05, 4.69) is 10.1 Å². The van der Waals surface area contributed by atoms with Crippen LogP contribution in [0.3, 0.4) is 0 Å². The second kappa shape index (κ2) is 5.34. The fraction of sp³-hybridized carbons (Fsp3) is 0.455. The van der Waals surface area contributed by atoms with E-state index in [-0.39, 0.29) is 11.8 Å². The molecular formula is C11H13F2N3O3S2. The molecule has 2 heterocycles. The molecule has 0 fully saturated rings. The quantitative estimate of drug-likeness (QED) is 0.926. The third kappa shape index (κ3) is 3.38. The molecule has 116 valence electrons. The summed E-state index contributed by atoms with van der Waals surface area (Å²) in [6.07, 6.45) is -2.88. The summed E-state index contributed by atoms with van der Waals surface area (Å²) in [7, 11) is -4.18. The van der Waals surface area contributed by atoms with Gasteiger partial charge >= 0.3 is 0 Å². The molecular weight excluding hydrogens is 324 g/mol. The zero-order valence-corrected chi connectivity index (χ0v) is 13.1. The molecule has 0 bridgehead atoms. The third-order valence-electron chi connectivity index (χ3n) is 2.47. The molecule has 0 aromatic carbocycles. The number of hydrogen-bond donors (Lipinski definition) is 1. The Balaban J connectivity index is 2.30. The second-order valence-electron chi connectivity index (χ2n) is 5.27. The number of anilines is 1. The summed E-state index contributed by atoms with van der Waals surface area (Å²) in [6, 6.07) is 0. The lowest BCUT2D eigenvalue weighted by atomic mass is 9.97. The summed E-state index contributed by atoms with van der Waals surface area (Å²) >= 11 is 0.878. The van der Waals surface area contributed by atoms with Crippen molar-refractivity contribution in [2.24, 2.45) is 0 Å². The molecule has 6 nitrogen and oxygen atoms in total. The number of nitrogens with zero attached hydrogens (tertiary/aromatic N) is 2. The van der Waals surface area contributed by atoms with Gasteiger partial charge in [0.2, 0.25) is 5.89 Å². The van der Waals surface area contributed by atoms with Crippen molar-refractivity contribution in [2.45, 2.75) is 37.5 Å². The monoisotopic (exact) mass is 337 g/mol. The van der Waals surface area contributed by atoms with Crippen LogP contribution in [0.1, 0.15) is 38.7 Å². The summed E-state index contributed by atoms with van der Waals surface area (Å²) in [5.41, 5.74) is -1.00. The standard InChI is InChI=1S/C11H13F2N3O3S2/c1-11(2,3)9-14-10(15-19-9)16-21(17,18)7-5-20-4-6(7)8(12)13/h4-5,8H,1-3H3,(H,15,16). The molecule has 10 heteroatoms. The first-order valence-electron chi connectivity index (χ1n) is 5.82. The molecule has 2 aromatic heterocycles. The Labute approximate surface area is 124 Å². The number of sulfonamides is 1.